The lowest BCUT2D eigenvalue weighted by atomic mass is 9.82. The van der Waals surface area contributed by atoms with Gasteiger partial charge in [0, 0.05) is 23.2 Å². The van der Waals surface area contributed by atoms with E-state index in [1.807, 2.05) is 30.5 Å². The highest BCUT2D eigenvalue weighted by molar-refractivity contribution is 6.02. The Bertz CT molecular complexity index is 1390. The van der Waals surface area contributed by atoms with Crippen molar-refractivity contribution in [3.8, 4) is 28.2 Å². The molecule has 0 spiro atoms. The molecular weight excluding hydrogens is 366 g/mol. The minimum atomic E-state index is 0.0219. The number of nitrogens with zero attached hydrogens (tertiary/aromatic N) is 3. The van der Waals surface area contributed by atoms with Gasteiger partial charge in [-0.3, -0.25) is 9.97 Å². The van der Waals surface area contributed by atoms with Crippen molar-refractivity contribution in [1.82, 2.24) is 14.5 Å². The molecule has 30 heavy (non-hydrogen) atoms. The molecule has 1 aliphatic carbocycles. The Morgan fingerprint density at radius 2 is 1.57 bits per heavy atom. The molecule has 1 aliphatic rings. The molecule has 0 saturated carbocycles. The van der Waals surface area contributed by atoms with E-state index in [1.54, 1.807) is 6.20 Å². The van der Waals surface area contributed by atoms with Gasteiger partial charge in [-0.25, -0.2) is 0 Å². The van der Waals surface area contributed by atoms with Crippen molar-refractivity contribution in [2.45, 2.75) is 19.3 Å². The quantitative estimate of drug-likeness (QED) is 0.351. The molecule has 0 saturated heterocycles. The van der Waals surface area contributed by atoms with E-state index in [0.29, 0.717) is 0 Å². The monoisotopic (exact) mass is 387 g/mol. The van der Waals surface area contributed by atoms with E-state index in [-0.39, 0.29) is 5.41 Å². The molecule has 3 heteroatoms. The molecule has 0 aliphatic heterocycles. The smallest absolute Gasteiger partial charge is 0.0887 e. The third-order valence-electron chi connectivity index (χ3n) is 6.37. The fourth-order valence-electron chi connectivity index (χ4n) is 4.84. The predicted octanol–water partition coefficient (Wildman–Crippen LogP) is 6.39. The standard InChI is InChI=1S/C27H21N3/c1-27(2)21-8-4-3-7-19(21)26-20-14-16-30(25(20)13-11-22(26)27)18-10-12-24(29-17-18)23-9-5-6-15-28-23/h3-17H,1-2H3. The van der Waals surface area contributed by atoms with E-state index in [4.69, 9.17) is 0 Å². The SMILES string of the molecule is CC1(C)c2ccccc2-c2c1ccc1c2ccn1-c1ccc(-c2ccccn2)nc1. The fourth-order valence-corrected chi connectivity index (χ4v) is 4.84. The Balaban J connectivity index is 1.50. The van der Waals surface area contributed by atoms with E-state index in [1.165, 1.54) is 33.2 Å². The number of hydrogen-bond donors (Lipinski definition) is 0. The van der Waals surface area contributed by atoms with Gasteiger partial charge < -0.3 is 4.57 Å². The van der Waals surface area contributed by atoms with E-state index in [9.17, 15) is 0 Å². The number of benzene rings is 2. The molecule has 6 rings (SSSR count). The second kappa shape index (κ2) is 6.14. The first kappa shape index (κ1) is 17.2. The molecular formula is C27H21N3. The lowest BCUT2D eigenvalue weighted by Crippen LogP contribution is -2.14. The summed E-state index contributed by atoms with van der Waals surface area (Å²) in [5, 5.41) is 1.29. The Labute approximate surface area is 175 Å². The maximum absolute atomic E-state index is 4.66. The summed E-state index contributed by atoms with van der Waals surface area (Å²) in [6, 6.07) is 25.6. The van der Waals surface area contributed by atoms with Gasteiger partial charge in [-0.15, -0.1) is 0 Å². The average Bonchev–Trinajstić information content (AvgIpc) is 3.32. The summed E-state index contributed by atoms with van der Waals surface area (Å²) < 4.78 is 2.22. The van der Waals surface area contributed by atoms with E-state index in [2.05, 4.69) is 83.1 Å². The van der Waals surface area contributed by atoms with Crippen LogP contribution >= 0.6 is 0 Å². The number of rotatable bonds is 2. The van der Waals surface area contributed by atoms with Crippen molar-refractivity contribution in [3.05, 3.63) is 103 Å². The number of aromatic nitrogens is 3. The molecule has 0 N–H and O–H groups in total. The van der Waals surface area contributed by atoms with Crippen molar-refractivity contribution in [3.63, 3.8) is 0 Å². The van der Waals surface area contributed by atoms with Gasteiger partial charge in [0.15, 0.2) is 0 Å². The van der Waals surface area contributed by atoms with Gasteiger partial charge >= 0.3 is 0 Å². The normalized spacial score (nSPS) is 13.9. The zero-order valence-electron chi connectivity index (χ0n) is 17.0. The summed E-state index contributed by atoms with van der Waals surface area (Å²) >= 11 is 0. The first-order valence-corrected chi connectivity index (χ1v) is 10.3. The topological polar surface area (TPSA) is 30.7 Å². The van der Waals surface area contributed by atoms with Gasteiger partial charge in [-0.1, -0.05) is 50.2 Å². The number of hydrogen-bond acceptors (Lipinski definition) is 2. The van der Waals surface area contributed by atoms with E-state index < -0.39 is 0 Å². The highest BCUT2D eigenvalue weighted by Crippen LogP contribution is 2.51. The maximum atomic E-state index is 4.66. The van der Waals surface area contributed by atoms with Crippen LogP contribution < -0.4 is 0 Å². The van der Waals surface area contributed by atoms with Crippen LogP contribution in [0.3, 0.4) is 0 Å². The van der Waals surface area contributed by atoms with Gasteiger partial charge in [0.25, 0.3) is 0 Å². The van der Waals surface area contributed by atoms with Crippen LogP contribution in [-0.2, 0) is 5.41 Å². The second-order valence-corrected chi connectivity index (χ2v) is 8.39. The summed E-state index contributed by atoms with van der Waals surface area (Å²) in [6.45, 7) is 4.64. The second-order valence-electron chi connectivity index (χ2n) is 8.39. The number of fused-ring (bicyclic) bond motifs is 5. The minimum Gasteiger partial charge on any atom is -0.315 e. The van der Waals surface area contributed by atoms with Crippen molar-refractivity contribution < 1.29 is 0 Å². The van der Waals surface area contributed by atoms with Crippen LogP contribution in [0.2, 0.25) is 0 Å². The predicted molar refractivity (Wildman–Crippen MR) is 122 cm³/mol. The highest BCUT2D eigenvalue weighted by Gasteiger charge is 2.36. The minimum absolute atomic E-state index is 0.0219. The molecule has 0 bridgehead atoms. The van der Waals surface area contributed by atoms with Crippen LogP contribution in [0, 0.1) is 0 Å². The van der Waals surface area contributed by atoms with Crippen LogP contribution in [-0.4, -0.2) is 14.5 Å². The zero-order chi connectivity index (χ0) is 20.3. The molecule has 0 amide bonds. The lowest BCUT2D eigenvalue weighted by molar-refractivity contribution is 0.661. The number of pyridine rings is 2. The van der Waals surface area contributed by atoms with Crippen LogP contribution in [0.15, 0.2) is 91.4 Å². The third-order valence-corrected chi connectivity index (χ3v) is 6.37. The Morgan fingerprint density at radius 3 is 2.37 bits per heavy atom. The van der Waals surface area contributed by atoms with Crippen molar-refractivity contribution in [2.75, 3.05) is 0 Å². The van der Waals surface area contributed by atoms with Gasteiger partial charge in [-0.05, 0) is 58.7 Å². The average molecular weight is 387 g/mol. The van der Waals surface area contributed by atoms with Crippen LogP contribution in [0.25, 0.3) is 39.1 Å². The van der Waals surface area contributed by atoms with Gasteiger partial charge in [0.05, 0.1) is 28.8 Å². The van der Waals surface area contributed by atoms with Crippen LogP contribution in [0.5, 0.6) is 0 Å². The van der Waals surface area contributed by atoms with Crippen LogP contribution in [0.4, 0.5) is 0 Å². The third kappa shape index (κ3) is 2.32. The molecule has 0 unspecified atom stereocenters. The first-order chi connectivity index (χ1) is 14.6. The first-order valence-electron chi connectivity index (χ1n) is 10.3. The largest absolute Gasteiger partial charge is 0.315 e. The summed E-state index contributed by atoms with van der Waals surface area (Å²) in [6.07, 6.45) is 5.87. The molecule has 3 nitrogen and oxygen atoms in total. The summed E-state index contributed by atoms with van der Waals surface area (Å²) in [7, 11) is 0. The van der Waals surface area contributed by atoms with E-state index in [0.717, 1.165) is 17.1 Å². The Kier molecular flexibility index (Phi) is 3.51. The van der Waals surface area contributed by atoms with Gasteiger partial charge in [-0.2, -0.15) is 0 Å². The molecule has 0 atom stereocenters. The lowest BCUT2D eigenvalue weighted by Gasteiger charge is -2.21. The van der Waals surface area contributed by atoms with Crippen molar-refractivity contribution >= 4 is 10.9 Å². The van der Waals surface area contributed by atoms with E-state index >= 15 is 0 Å². The Hall–Kier alpha value is -3.72. The molecule has 144 valence electrons. The molecule has 0 radical (unpaired) electrons. The molecule has 5 aromatic rings. The van der Waals surface area contributed by atoms with Gasteiger partial charge in [0.1, 0.15) is 0 Å². The zero-order valence-corrected chi connectivity index (χ0v) is 17.0. The molecule has 2 aromatic carbocycles. The summed E-state index contributed by atoms with van der Waals surface area (Å²) in [5.74, 6) is 0. The van der Waals surface area contributed by atoms with Crippen molar-refractivity contribution in [2.24, 2.45) is 0 Å². The highest BCUT2D eigenvalue weighted by atomic mass is 15.0. The molecule has 3 aromatic heterocycles. The Morgan fingerprint density at radius 1 is 0.733 bits per heavy atom. The van der Waals surface area contributed by atoms with Crippen LogP contribution in [0.1, 0.15) is 25.0 Å². The maximum Gasteiger partial charge on any atom is 0.0887 e. The summed E-state index contributed by atoms with van der Waals surface area (Å²) in [4.78, 5) is 9.06. The summed E-state index contributed by atoms with van der Waals surface area (Å²) in [5.41, 5.74) is 9.57. The van der Waals surface area contributed by atoms with Gasteiger partial charge in [0.2, 0.25) is 0 Å². The fraction of sp³-hybridized carbons (Fsp3) is 0.111. The molecule has 0 fully saturated rings. The molecule has 3 heterocycles. The van der Waals surface area contributed by atoms with Crippen molar-refractivity contribution in [1.29, 1.82) is 0 Å².